The van der Waals surface area contributed by atoms with E-state index in [0.717, 1.165) is 15.8 Å². The standard InChI is InChI=1S/C21H23N3O4S/c1-13(2)16-6-4-5-7-19(16)23-11-18-14(3)17(10-22)20(25)24(21(18)26)15-8-9-29(27,28)12-15/h4-7,11,13,15,26H,8-9,12H2,1-3H3/t15-/m1/s1. The second-order valence-electron chi connectivity index (χ2n) is 7.55. The maximum atomic E-state index is 12.8. The van der Waals surface area contributed by atoms with E-state index < -0.39 is 21.4 Å². The van der Waals surface area contributed by atoms with Gasteiger partial charge in [-0.25, -0.2) is 8.42 Å². The first kappa shape index (κ1) is 20.8. The highest BCUT2D eigenvalue weighted by Gasteiger charge is 2.33. The molecule has 0 saturated carbocycles. The first-order valence-corrected chi connectivity index (χ1v) is 11.2. The molecule has 2 aromatic rings. The van der Waals surface area contributed by atoms with Crippen molar-refractivity contribution < 1.29 is 13.5 Å². The van der Waals surface area contributed by atoms with Crippen molar-refractivity contribution in [2.45, 2.75) is 39.2 Å². The van der Waals surface area contributed by atoms with Crippen LogP contribution in [0.1, 0.15) is 54.5 Å². The van der Waals surface area contributed by atoms with Gasteiger partial charge in [-0.05, 0) is 36.5 Å². The van der Waals surface area contributed by atoms with Gasteiger partial charge in [-0.3, -0.25) is 14.4 Å². The van der Waals surface area contributed by atoms with Crippen LogP contribution in [0, 0.1) is 18.3 Å². The Morgan fingerprint density at radius 1 is 1.34 bits per heavy atom. The number of hydrogen-bond acceptors (Lipinski definition) is 6. The van der Waals surface area contributed by atoms with E-state index in [2.05, 4.69) is 4.99 Å². The third-order valence-electron chi connectivity index (χ3n) is 5.26. The number of hydrogen-bond donors (Lipinski definition) is 1. The van der Waals surface area contributed by atoms with E-state index in [1.807, 2.05) is 44.2 Å². The lowest BCUT2D eigenvalue weighted by Crippen LogP contribution is -2.29. The minimum absolute atomic E-state index is 0.0511. The summed E-state index contributed by atoms with van der Waals surface area (Å²) in [4.78, 5) is 17.2. The molecular formula is C21H23N3O4S. The van der Waals surface area contributed by atoms with Crippen LogP contribution in [0.3, 0.4) is 0 Å². The highest BCUT2D eigenvalue weighted by Crippen LogP contribution is 2.31. The van der Waals surface area contributed by atoms with E-state index in [1.54, 1.807) is 6.92 Å². The fraction of sp³-hybridized carbons (Fsp3) is 0.381. The van der Waals surface area contributed by atoms with Crippen molar-refractivity contribution in [3.05, 3.63) is 56.9 Å². The van der Waals surface area contributed by atoms with Gasteiger partial charge in [0, 0.05) is 6.21 Å². The second kappa shape index (κ2) is 7.84. The van der Waals surface area contributed by atoms with Crippen LogP contribution in [0.5, 0.6) is 5.88 Å². The smallest absolute Gasteiger partial charge is 0.271 e. The summed E-state index contributed by atoms with van der Waals surface area (Å²) in [6.45, 7) is 5.67. The largest absolute Gasteiger partial charge is 0.494 e. The van der Waals surface area contributed by atoms with E-state index in [-0.39, 0.29) is 40.9 Å². The zero-order valence-corrected chi connectivity index (χ0v) is 17.4. The maximum absolute atomic E-state index is 12.8. The molecule has 0 bridgehead atoms. The fourth-order valence-electron chi connectivity index (χ4n) is 3.64. The maximum Gasteiger partial charge on any atom is 0.271 e. The van der Waals surface area contributed by atoms with Gasteiger partial charge in [-0.2, -0.15) is 5.26 Å². The molecule has 1 aromatic heterocycles. The molecule has 152 valence electrons. The normalized spacial score (nSPS) is 18.4. The number of rotatable bonds is 4. The number of aromatic hydroxyl groups is 1. The van der Waals surface area contributed by atoms with E-state index in [9.17, 15) is 23.6 Å². The molecule has 1 atom stereocenters. The summed E-state index contributed by atoms with van der Waals surface area (Å²) in [5.41, 5.74) is 1.51. The van der Waals surface area contributed by atoms with Crippen LogP contribution in [-0.4, -0.2) is 35.8 Å². The van der Waals surface area contributed by atoms with Gasteiger partial charge in [0.15, 0.2) is 9.84 Å². The summed E-state index contributed by atoms with van der Waals surface area (Å²) < 4.78 is 24.8. The van der Waals surface area contributed by atoms with Crippen LogP contribution in [0.2, 0.25) is 0 Å². The Bertz CT molecular complexity index is 1190. The fourth-order valence-corrected chi connectivity index (χ4v) is 5.34. The zero-order valence-electron chi connectivity index (χ0n) is 16.6. The van der Waals surface area contributed by atoms with Gasteiger partial charge in [0.25, 0.3) is 5.56 Å². The summed E-state index contributed by atoms with van der Waals surface area (Å²) >= 11 is 0. The molecule has 7 nitrogen and oxygen atoms in total. The van der Waals surface area contributed by atoms with Crippen LogP contribution in [0.15, 0.2) is 34.1 Å². The van der Waals surface area contributed by atoms with Crippen molar-refractivity contribution in [1.82, 2.24) is 4.57 Å². The number of benzene rings is 1. The number of nitriles is 1. The van der Waals surface area contributed by atoms with Crippen LogP contribution in [0.4, 0.5) is 5.69 Å². The molecule has 8 heteroatoms. The molecule has 0 aliphatic carbocycles. The number of nitrogens with zero attached hydrogens (tertiary/aromatic N) is 3. The molecule has 0 spiro atoms. The molecule has 0 radical (unpaired) electrons. The Balaban J connectivity index is 2.17. The van der Waals surface area contributed by atoms with Crippen molar-refractivity contribution in [2.75, 3.05) is 11.5 Å². The molecule has 1 saturated heterocycles. The van der Waals surface area contributed by atoms with Gasteiger partial charge in [-0.1, -0.05) is 32.0 Å². The Hall–Kier alpha value is -2.92. The molecule has 1 aromatic carbocycles. The summed E-state index contributed by atoms with van der Waals surface area (Å²) in [7, 11) is -3.28. The van der Waals surface area contributed by atoms with Crippen LogP contribution < -0.4 is 5.56 Å². The Labute approximate surface area is 169 Å². The second-order valence-corrected chi connectivity index (χ2v) is 9.78. The van der Waals surface area contributed by atoms with Gasteiger partial charge in [-0.15, -0.1) is 0 Å². The van der Waals surface area contributed by atoms with Gasteiger partial charge in [0.1, 0.15) is 11.6 Å². The Morgan fingerprint density at radius 2 is 2.03 bits per heavy atom. The Morgan fingerprint density at radius 3 is 2.62 bits per heavy atom. The van der Waals surface area contributed by atoms with Crippen LogP contribution >= 0.6 is 0 Å². The number of pyridine rings is 1. The topological polar surface area (TPSA) is 113 Å². The quantitative estimate of drug-likeness (QED) is 0.774. The molecule has 2 heterocycles. The van der Waals surface area contributed by atoms with Crippen molar-refractivity contribution >= 4 is 21.7 Å². The molecule has 1 fully saturated rings. The van der Waals surface area contributed by atoms with Crippen molar-refractivity contribution in [3.63, 3.8) is 0 Å². The predicted octanol–water partition coefficient (Wildman–Crippen LogP) is 2.97. The molecular weight excluding hydrogens is 390 g/mol. The van der Waals surface area contributed by atoms with E-state index in [1.165, 1.54) is 6.21 Å². The lowest BCUT2D eigenvalue weighted by molar-refractivity contribution is 0.379. The van der Waals surface area contributed by atoms with Crippen molar-refractivity contribution in [2.24, 2.45) is 4.99 Å². The summed E-state index contributed by atoms with van der Waals surface area (Å²) in [5.74, 6) is -0.407. The minimum atomic E-state index is -3.28. The number of aromatic nitrogens is 1. The molecule has 29 heavy (non-hydrogen) atoms. The molecule has 3 rings (SSSR count). The highest BCUT2D eigenvalue weighted by atomic mass is 32.2. The molecule has 1 aliphatic rings. The first-order chi connectivity index (χ1) is 13.7. The highest BCUT2D eigenvalue weighted by molar-refractivity contribution is 7.91. The van der Waals surface area contributed by atoms with E-state index in [0.29, 0.717) is 5.56 Å². The van der Waals surface area contributed by atoms with Gasteiger partial charge >= 0.3 is 0 Å². The third-order valence-corrected chi connectivity index (χ3v) is 7.01. The van der Waals surface area contributed by atoms with E-state index in [4.69, 9.17) is 0 Å². The SMILES string of the molecule is Cc1c(C=Nc2ccccc2C(C)C)c(O)n([C@@H]2CCS(=O)(=O)C2)c(=O)c1C#N. The molecule has 0 unspecified atom stereocenters. The average molecular weight is 413 g/mol. The third kappa shape index (κ3) is 3.96. The van der Waals surface area contributed by atoms with Gasteiger partial charge < -0.3 is 5.11 Å². The van der Waals surface area contributed by atoms with Crippen molar-refractivity contribution in [1.29, 1.82) is 5.26 Å². The summed E-state index contributed by atoms with van der Waals surface area (Å²) in [6.07, 6.45) is 1.66. The number of aliphatic imine (C=N–C) groups is 1. The lowest BCUT2D eigenvalue weighted by atomic mass is 10.0. The average Bonchev–Trinajstić information content (AvgIpc) is 3.01. The van der Waals surface area contributed by atoms with Crippen LogP contribution in [-0.2, 0) is 9.84 Å². The number of sulfone groups is 1. The van der Waals surface area contributed by atoms with Crippen LogP contribution in [0.25, 0.3) is 0 Å². The Kier molecular flexibility index (Phi) is 5.62. The van der Waals surface area contributed by atoms with Gasteiger partial charge in [0.05, 0.1) is 28.8 Å². The monoisotopic (exact) mass is 413 g/mol. The summed E-state index contributed by atoms with van der Waals surface area (Å²) in [5, 5.41) is 20.3. The van der Waals surface area contributed by atoms with Crippen molar-refractivity contribution in [3.8, 4) is 11.9 Å². The summed E-state index contributed by atoms with van der Waals surface area (Å²) in [6, 6.07) is 8.79. The number of para-hydroxylation sites is 1. The molecule has 1 aliphatic heterocycles. The minimum Gasteiger partial charge on any atom is -0.494 e. The van der Waals surface area contributed by atoms with E-state index >= 15 is 0 Å². The lowest BCUT2D eigenvalue weighted by Gasteiger charge is -2.18. The zero-order chi connectivity index (χ0) is 21.3. The predicted molar refractivity (Wildman–Crippen MR) is 112 cm³/mol. The van der Waals surface area contributed by atoms with Gasteiger partial charge in [0.2, 0.25) is 5.88 Å². The molecule has 0 amide bonds. The molecule has 1 N–H and O–H groups in total. The first-order valence-electron chi connectivity index (χ1n) is 9.38.